The number of ether oxygens (including phenoxy) is 3. The topological polar surface area (TPSA) is 137 Å². The van der Waals surface area contributed by atoms with Gasteiger partial charge in [-0.25, -0.2) is 0 Å². The first-order chi connectivity index (χ1) is 18.8. The van der Waals surface area contributed by atoms with Gasteiger partial charge in [0.05, 0.1) is 14.2 Å². The monoisotopic (exact) mass is 542 g/mol. The quantitative estimate of drug-likeness (QED) is 0.152. The van der Waals surface area contributed by atoms with Crippen molar-refractivity contribution in [3.8, 4) is 11.5 Å². The number of hydrogen-bond donors (Lipinski definition) is 2. The summed E-state index contributed by atoms with van der Waals surface area (Å²) >= 11 is 0. The third-order valence-electron chi connectivity index (χ3n) is 5.38. The van der Waals surface area contributed by atoms with Gasteiger partial charge in [-0.2, -0.15) is 0 Å². The number of benzene rings is 2. The third kappa shape index (κ3) is 13.2. The number of methoxy groups -OCH3 is 2. The Labute approximate surface area is 229 Å². The number of aldehydes is 1. The van der Waals surface area contributed by atoms with Gasteiger partial charge >= 0.3 is 11.9 Å². The van der Waals surface area contributed by atoms with Crippen LogP contribution in [0.2, 0.25) is 0 Å². The fourth-order valence-electron chi connectivity index (χ4n) is 3.32. The minimum absolute atomic E-state index is 0.130. The molecule has 2 rings (SSSR count). The van der Waals surface area contributed by atoms with E-state index in [0.717, 1.165) is 11.8 Å². The molecule has 0 aromatic heterocycles. The van der Waals surface area contributed by atoms with Crippen molar-refractivity contribution in [1.82, 2.24) is 10.6 Å². The van der Waals surface area contributed by atoms with E-state index in [0.29, 0.717) is 36.3 Å². The van der Waals surface area contributed by atoms with E-state index in [4.69, 9.17) is 9.47 Å². The van der Waals surface area contributed by atoms with Gasteiger partial charge in [-0.1, -0.05) is 38.1 Å². The van der Waals surface area contributed by atoms with Crippen molar-refractivity contribution in [3.05, 3.63) is 59.7 Å². The van der Waals surface area contributed by atoms with E-state index in [1.165, 1.54) is 7.11 Å². The van der Waals surface area contributed by atoms with Crippen LogP contribution in [-0.4, -0.2) is 56.8 Å². The highest BCUT2D eigenvalue weighted by Crippen LogP contribution is 2.16. The largest absolute Gasteiger partial charge is 0.497 e. The zero-order chi connectivity index (χ0) is 29.0. The number of aryl methyl sites for hydroxylation is 1. The van der Waals surface area contributed by atoms with Crippen LogP contribution in [0.25, 0.3) is 0 Å². The summed E-state index contributed by atoms with van der Waals surface area (Å²) in [5.74, 6) is -0.871. The van der Waals surface area contributed by atoms with Crippen molar-refractivity contribution in [1.29, 1.82) is 0 Å². The number of unbranched alkanes of at least 4 members (excludes halogenated alkanes) is 1. The number of rotatable bonds is 15. The molecular formula is C29H38N2O8. The number of amides is 2. The lowest BCUT2D eigenvalue weighted by molar-refractivity contribution is -0.141. The van der Waals surface area contributed by atoms with Crippen LogP contribution in [0.3, 0.4) is 0 Å². The van der Waals surface area contributed by atoms with Gasteiger partial charge in [-0.3, -0.25) is 19.2 Å². The first kappa shape index (κ1) is 32.8. The van der Waals surface area contributed by atoms with Crippen LogP contribution in [-0.2, 0) is 41.6 Å². The van der Waals surface area contributed by atoms with Gasteiger partial charge in [0.15, 0.2) is 0 Å². The Bertz CT molecular complexity index is 1050. The Morgan fingerprint density at radius 2 is 1.46 bits per heavy atom. The van der Waals surface area contributed by atoms with E-state index in [9.17, 15) is 24.0 Å². The second-order valence-electron chi connectivity index (χ2n) is 8.14. The maximum atomic E-state index is 12.7. The molecule has 0 bridgehead atoms. The SMILES string of the molecule is CC.COC(=O)CNC(=O)C(Cc1ccc(OC(=O)CCCC=O)cc1)NC(=O)CCc1ccc(OC)cc1. The summed E-state index contributed by atoms with van der Waals surface area (Å²) in [6, 6.07) is 12.9. The molecule has 0 saturated heterocycles. The second-order valence-corrected chi connectivity index (χ2v) is 8.14. The lowest BCUT2D eigenvalue weighted by atomic mass is 10.0. The molecule has 2 aromatic carbocycles. The van der Waals surface area contributed by atoms with E-state index in [2.05, 4.69) is 15.4 Å². The van der Waals surface area contributed by atoms with Crippen LogP contribution in [0.15, 0.2) is 48.5 Å². The highest BCUT2D eigenvalue weighted by molar-refractivity contribution is 5.90. The molecule has 0 spiro atoms. The van der Waals surface area contributed by atoms with Gasteiger partial charge in [0.1, 0.15) is 30.4 Å². The Morgan fingerprint density at radius 3 is 2.05 bits per heavy atom. The predicted octanol–water partition coefficient (Wildman–Crippen LogP) is 2.95. The van der Waals surface area contributed by atoms with E-state index >= 15 is 0 Å². The van der Waals surface area contributed by atoms with Gasteiger partial charge in [-0.05, 0) is 48.2 Å². The number of nitrogens with one attached hydrogen (secondary N) is 2. The minimum atomic E-state index is -0.940. The fraction of sp³-hybridized carbons (Fsp3) is 0.414. The van der Waals surface area contributed by atoms with Crippen LogP contribution in [0.5, 0.6) is 11.5 Å². The van der Waals surface area contributed by atoms with Crippen molar-refractivity contribution in [3.63, 3.8) is 0 Å². The van der Waals surface area contributed by atoms with Crippen LogP contribution in [0, 0.1) is 0 Å². The zero-order valence-electron chi connectivity index (χ0n) is 23.0. The first-order valence-corrected chi connectivity index (χ1v) is 12.8. The minimum Gasteiger partial charge on any atom is -0.497 e. The molecule has 1 atom stereocenters. The first-order valence-electron chi connectivity index (χ1n) is 12.8. The summed E-state index contributed by atoms with van der Waals surface area (Å²) in [5.41, 5.74) is 1.65. The maximum Gasteiger partial charge on any atom is 0.325 e. The van der Waals surface area contributed by atoms with Crippen molar-refractivity contribution in [2.24, 2.45) is 0 Å². The molecule has 2 amide bonds. The average Bonchev–Trinajstić information content (AvgIpc) is 2.96. The Hall–Kier alpha value is -4.21. The Balaban J connectivity index is 0.00000371. The molecule has 10 heteroatoms. The lowest BCUT2D eigenvalue weighted by Crippen LogP contribution is -2.49. The molecular weight excluding hydrogens is 504 g/mol. The number of carbonyl (C=O) groups is 5. The normalized spacial score (nSPS) is 10.7. The van der Waals surface area contributed by atoms with Crippen molar-refractivity contribution >= 4 is 30.0 Å². The molecule has 0 radical (unpaired) electrons. The molecule has 0 fully saturated rings. The summed E-state index contributed by atoms with van der Waals surface area (Å²) in [4.78, 5) is 59.0. The number of hydrogen-bond acceptors (Lipinski definition) is 8. The molecule has 10 nitrogen and oxygen atoms in total. The summed E-state index contributed by atoms with van der Waals surface area (Å²) in [5, 5.41) is 5.20. The molecule has 0 heterocycles. The smallest absolute Gasteiger partial charge is 0.325 e. The standard InChI is InChI=1S/C27H32N2O8.C2H6/c1-35-21-11-6-19(7-12-21)10-15-24(31)29-23(27(34)28-18-26(33)36-2)17-20-8-13-22(14-9-20)37-25(32)5-3-4-16-30;1-2/h6-9,11-14,16,23H,3-5,10,15,17-18H2,1-2H3,(H,28,34)(H,29,31);1-2H3. The van der Waals surface area contributed by atoms with Gasteiger partial charge in [0, 0.05) is 25.7 Å². The second kappa shape index (κ2) is 18.9. The molecule has 2 N–H and O–H groups in total. The molecule has 0 aliphatic heterocycles. The number of carbonyl (C=O) groups excluding carboxylic acids is 5. The molecule has 1 unspecified atom stereocenters. The van der Waals surface area contributed by atoms with Gasteiger partial charge in [0.25, 0.3) is 0 Å². The summed E-state index contributed by atoms with van der Waals surface area (Å²) in [6.07, 6.45) is 2.36. The van der Waals surface area contributed by atoms with Gasteiger partial charge < -0.3 is 29.6 Å². The van der Waals surface area contributed by atoms with Gasteiger partial charge in [0.2, 0.25) is 11.8 Å². The van der Waals surface area contributed by atoms with Gasteiger partial charge in [-0.15, -0.1) is 0 Å². The molecule has 39 heavy (non-hydrogen) atoms. The summed E-state index contributed by atoms with van der Waals surface area (Å²) in [7, 11) is 2.79. The Kier molecular flexibility index (Phi) is 15.9. The molecule has 0 aliphatic carbocycles. The predicted molar refractivity (Wildman–Crippen MR) is 145 cm³/mol. The average molecular weight is 543 g/mol. The summed E-state index contributed by atoms with van der Waals surface area (Å²) < 4.78 is 14.9. The van der Waals surface area contributed by atoms with Crippen LogP contribution in [0.1, 0.15) is 50.7 Å². The van der Waals surface area contributed by atoms with Crippen molar-refractivity contribution in [2.75, 3.05) is 20.8 Å². The third-order valence-corrected chi connectivity index (χ3v) is 5.38. The number of esters is 2. The molecule has 0 aliphatic rings. The highest BCUT2D eigenvalue weighted by atomic mass is 16.5. The summed E-state index contributed by atoms with van der Waals surface area (Å²) in [6.45, 7) is 3.67. The van der Waals surface area contributed by atoms with Crippen molar-refractivity contribution < 1.29 is 38.2 Å². The molecule has 2 aromatic rings. The van der Waals surface area contributed by atoms with Crippen LogP contribution in [0.4, 0.5) is 0 Å². The van der Waals surface area contributed by atoms with Crippen LogP contribution < -0.4 is 20.1 Å². The van der Waals surface area contributed by atoms with E-state index in [1.807, 2.05) is 38.1 Å². The van der Waals surface area contributed by atoms with Crippen molar-refractivity contribution in [2.45, 2.75) is 58.4 Å². The van der Waals surface area contributed by atoms with E-state index < -0.39 is 23.9 Å². The van der Waals surface area contributed by atoms with E-state index in [1.54, 1.807) is 31.4 Å². The zero-order valence-corrected chi connectivity index (χ0v) is 23.0. The lowest BCUT2D eigenvalue weighted by Gasteiger charge is -2.19. The molecule has 0 saturated carbocycles. The highest BCUT2D eigenvalue weighted by Gasteiger charge is 2.22. The maximum absolute atomic E-state index is 12.7. The molecule has 212 valence electrons. The van der Waals surface area contributed by atoms with E-state index in [-0.39, 0.29) is 31.7 Å². The fourth-order valence-corrected chi connectivity index (χ4v) is 3.32. The Morgan fingerprint density at radius 1 is 0.846 bits per heavy atom. The van der Waals surface area contributed by atoms with Crippen LogP contribution >= 0.6 is 0 Å².